The lowest BCUT2D eigenvalue weighted by atomic mass is 10.1. The highest BCUT2D eigenvalue weighted by atomic mass is 79.9. The average Bonchev–Trinajstić information content (AvgIpc) is 2.40. The molecule has 7 heteroatoms. The molecule has 0 fully saturated rings. The Labute approximate surface area is 123 Å². The number of aryl methyl sites for hydroxylation is 1. The number of carboxylic acids is 1. The summed E-state index contributed by atoms with van der Waals surface area (Å²) in [4.78, 5) is 24.8. The van der Waals surface area contributed by atoms with Crippen LogP contribution in [0.2, 0.25) is 0 Å². The summed E-state index contributed by atoms with van der Waals surface area (Å²) in [7, 11) is 3.83. The Morgan fingerprint density at radius 1 is 1.40 bits per heavy atom. The SMILES string of the molecule is CN(C)c1ccc2c(=O)n(CCC(=O)O)nc(Br)c2c1. The summed E-state index contributed by atoms with van der Waals surface area (Å²) in [6, 6.07) is 5.45. The van der Waals surface area contributed by atoms with Crippen LogP contribution in [0.15, 0.2) is 27.6 Å². The lowest BCUT2D eigenvalue weighted by Crippen LogP contribution is -2.24. The summed E-state index contributed by atoms with van der Waals surface area (Å²) >= 11 is 3.34. The van der Waals surface area contributed by atoms with Gasteiger partial charge in [-0.1, -0.05) is 0 Å². The van der Waals surface area contributed by atoms with Gasteiger partial charge in [0.2, 0.25) is 0 Å². The fourth-order valence-corrected chi connectivity index (χ4v) is 2.38. The van der Waals surface area contributed by atoms with Gasteiger partial charge in [-0.2, -0.15) is 5.10 Å². The summed E-state index contributed by atoms with van der Waals surface area (Å²) in [5.41, 5.74) is 0.678. The van der Waals surface area contributed by atoms with Crippen molar-refractivity contribution >= 4 is 38.4 Å². The number of halogens is 1. The molecule has 0 aliphatic carbocycles. The van der Waals surface area contributed by atoms with E-state index < -0.39 is 5.97 Å². The van der Waals surface area contributed by atoms with E-state index in [4.69, 9.17) is 5.11 Å². The van der Waals surface area contributed by atoms with Gasteiger partial charge in [-0.25, -0.2) is 4.68 Å². The van der Waals surface area contributed by atoms with E-state index in [1.54, 1.807) is 6.07 Å². The monoisotopic (exact) mass is 339 g/mol. The number of carboxylic acid groups (broad SMARTS) is 1. The predicted octanol–water partition coefficient (Wildman–Crippen LogP) is 1.70. The number of hydrogen-bond donors (Lipinski definition) is 1. The molecule has 1 N–H and O–H groups in total. The Morgan fingerprint density at radius 3 is 2.70 bits per heavy atom. The zero-order valence-electron chi connectivity index (χ0n) is 11.1. The van der Waals surface area contributed by atoms with Crippen LogP contribution in [0.4, 0.5) is 5.69 Å². The molecule has 0 saturated heterocycles. The highest BCUT2D eigenvalue weighted by molar-refractivity contribution is 9.10. The van der Waals surface area contributed by atoms with Crippen LogP contribution in [0.5, 0.6) is 0 Å². The molecule has 6 nitrogen and oxygen atoms in total. The molecule has 2 aromatic rings. The van der Waals surface area contributed by atoms with Gasteiger partial charge in [-0.15, -0.1) is 0 Å². The quantitative estimate of drug-likeness (QED) is 0.917. The normalized spacial score (nSPS) is 10.8. The molecular weight excluding hydrogens is 326 g/mol. The van der Waals surface area contributed by atoms with E-state index >= 15 is 0 Å². The van der Waals surface area contributed by atoms with Crippen molar-refractivity contribution in [2.24, 2.45) is 0 Å². The molecule has 20 heavy (non-hydrogen) atoms. The molecule has 0 aliphatic rings. The van der Waals surface area contributed by atoms with Crippen molar-refractivity contribution in [3.8, 4) is 0 Å². The molecule has 0 bridgehead atoms. The Balaban J connectivity index is 2.56. The van der Waals surface area contributed by atoms with Gasteiger partial charge >= 0.3 is 5.97 Å². The Kier molecular flexibility index (Phi) is 4.08. The van der Waals surface area contributed by atoms with E-state index in [-0.39, 0.29) is 18.5 Å². The van der Waals surface area contributed by atoms with Crippen LogP contribution < -0.4 is 10.5 Å². The van der Waals surface area contributed by atoms with Crippen molar-refractivity contribution in [3.05, 3.63) is 33.2 Å². The molecule has 0 radical (unpaired) electrons. The number of fused-ring (bicyclic) bond motifs is 1. The minimum Gasteiger partial charge on any atom is -0.481 e. The van der Waals surface area contributed by atoms with Gasteiger partial charge in [0.25, 0.3) is 5.56 Å². The average molecular weight is 340 g/mol. The first-order valence-corrected chi connectivity index (χ1v) is 6.79. The summed E-state index contributed by atoms with van der Waals surface area (Å²) in [6.07, 6.45) is -0.138. The number of aliphatic carboxylic acids is 1. The number of aromatic nitrogens is 2. The maximum absolute atomic E-state index is 12.2. The second-order valence-corrected chi connectivity index (χ2v) is 5.34. The molecule has 0 atom stereocenters. The number of rotatable bonds is 4. The highest BCUT2D eigenvalue weighted by Crippen LogP contribution is 2.23. The fourth-order valence-electron chi connectivity index (χ4n) is 1.86. The van der Waals surface area contributed by atoms with E-state index in [1.165, 1.54) is 4.68 Å². The topological polar surface area (TPSA) is 75.4 Å². The van der Waals surface area contributed by atoms with Crippen molar-refractivity contribution in [3.63, 3.8) is 0 Å². The number of nitrogens with zero attached hydrogens (tertiary/aromatic N) is 3. The van der Waals surface area contributed by atoms with Crippen molar-refractivity contribution in [2.45, 2.75) is 13.0 Å². The summed E-state index contributed by atoms with van der Waals surface area (Å²) in [6.45, 7) is 0.0537. The first-order chi connectivity index (χ1) is 9.40. The van der Waals surface area contributed by atoms with Crippen molar-refractivity contribution in [1.82, 2.24) is 9.78 Å². The summed E-state index contributed by atoms with van der Waals surface area (Å²) in [5, 5.41) is 14.0. The van der Waals surface area contributed by atoms with Crippen LogP contribution in [-0.4, -0.2) is 35.0 Å². The van der Waals surface area contributed by atoms with E-state index in [1.807, 2.05) is 31.1 Å². The minimum atomic E-state index is -0.960. The van der Waals surface area contributed by atoms with Crippen LogP contribution >= 0.6 is 15.9 Å². The van der Waals surface area contributed by atoms with Crippen LogP contribution in [0.25, 0.3) is 10.8 Å². The smallest absolute Gasteiger partial charge is 0.305 e. The molecule has 2 rings (SSSR count). The molecule has 1 aromatic heterocycles. The van der Waals surface area contributed by atoms with E-state index in [9.17, 15) is 9.59 Å². The third-order valence-electron chi connectivity index (χ3n) is 2.95. The largest absolute Gasteiger partial charge is 0.481 e. The molecule has 0 unspecified atom stereocenters. The number of anilines is 1. The molecule has 106 valence electrons. The van der Waals surface area contributed by atoms with Gasteiger partial charge < -0.3 is 10.0 Å². The Bertz CT molecular complexity index is 725. The molecule has 0 amide bonds. The standard InChI is InChI=1S/C13H14BrN3O3/c1-16(2)8-3-4-9-10(7-8)12(14)15-17(13(9)20)6-5-11(18)19/h3-4,7H,5-6H2,1-2H3,(H,18,19). The number of carbonyl (C=O) groups is 1. The van der Waals surface area contributed by atoms with Crippen LogP contribution in [-0.2, 0) is 11.3 Å². The van der Waals surface area contributed by atoms with Gasteiger partial charge in [0.15, 0.2) is 0 Å². The van der Waals surface area contributed by atoms with Gasteiger partial charge in [-0.05, 0) is 34.1 Å². The predicted molar refractivity (Wildman–Crippen MR) is 80.3 cm³/mol. The van der Waals surface area contributed by atoms with E-state index in [0.717, 1.165) is 5.69 Å². The number of hydrogen-bond acceptors (Lipinski definition) is 4. The molecular formula is C13H14BrN3O3. The van der Waals surface area contributed by atoms with Crippen LogP contribution in [0.1, 0.15) is 6.42 Å². The molecule has 0 aliphatic heterocycles. The maximum Gasteiger partial charge on any atom is 0.305 e. The maximum atomic E-state index is 12.2. The number of benzene rings is 1. The lowest BCUT2D eigenvalue weighted by molar-refractivity contribution is -0.137. The fraction of sp³-hybridized carbons (Fsp3) is 0.308. The second kappa shape index (κ2) is 5.62. The molecule has 0 spiro atoms. The first kappa shape index (κ1) is 14.5. The Hall–Kier alpha value is -1.89. The highest BCUT2D eigenvalue weighted by Gasteiger charge is 2.11. The van der Waals surface area contributed by atoms with Gasteiger partial charge in [0.1, 0.15) is 4.60 Å². The second-order valence-electron chi connectivity index (χ2n) is 4.59. The Morgan fingerprint density at radius 2 is 2.10 bits per heavy atom. The third-order valence-corrected chi connectivity index (χ3v) is 3.54. The lowest BCUT2D eigenvalue weighted by Gasteiger charge is -2.14. The zero-order valence-corrected chi connectivity index (χ0v) is 12.7. The molecule has 0 saturated carbocycles. The zero-order chi connectivity index (χ0) is 14.9. The van der Waals surface area contributed by atoms with Gasteiger partial charge in [-0.3, -0.25) is 9.59 Å². The molecule has 1 aromatic carbocycles. The van der Waals surface area contributed by atoms with Crippen molar-refractivity contribution in [2.75, 3.05) is 19.0 Å². The van der Waals surface area contributed by atoms with Crippen LogP contribution in [0, 0.1) is 0 Å². The van der Waals surface area contributed by atoms with Gasteiger partial charge in [0.05, 0.1) is 18.4 Å². The molecule has 1 heterocycles. The third kappa shape index (κ3) is 2.82. The van der Waals surface area contributed by atoms with Crippen molar-refractivity contribution in [1.29, 1.82) is 0 Å². The first-order valence-electron chi connectivity index (χ1n) is 5.99. The van der Waals surface area contributed by atoms with Gasteiger partial charge in [0, 0.05) is 25.2 Å². The summed E-state index contributed by atoms with van der Waals surface area (Å²) in [5.74, 6) is -0.960. The van der Waals surface area contributed by atoms with E-state index in [0.29, 0.717) is 15.4 Å². The van der Waals surface area contributed by atoms with Crippen LogP contribution in [0.3, 0.4) is 0 Å². The summed E-state index contributed by atoms with van der Waals surface area (Å²) < 4.78 is 1.71. The van der Waals surface area contributed by atoms with Crippen molar-refractivity contribution < 1.29 is 9.90 Å². The minimum absolute atomic E-state index is 0.0537. The van der Waals surface area contributed by atoms with E-state index in [2.05, 4.69) is 21.0 Å².